The lowest BCUT2D eigenvalue weighted by Gasteiger charge is -2.49. The highest BCUT2D eigenvalue weighted by atomic mass is 32.2. The minimum Gasteiger partial charge on any atom is -0.466 e. The van der Waals surface area contributed by atoms with Gasteiger partial charge in [-0.15, -0.1) is 11.8 Å². The molecule has 0 aromatic carbocycles. The van der Waals surface area contributed by atoms with Crippen molar-refractivity contribution in [2.75, 3.05) is 20.3 Å². The molecule has 0 aromatic heterocycles. The molecule has 4 saturated heterocycles. The van der Waals surface area contributed by atoms with E-state index < -0.39 is 126 Å². The molecule has 0 aliphatic carbocycles. The summed E-state index contributed by atoms with van der Waals surface area (Å²) < 4.78 is 64.5. The number of hydrogen-bond acceptors (Lipinski definition) is 18. The van der Waals surface area contributed by atoms with Crippen molar-refractivity contribution in [3.05, 3.63) is 0 Å². The third-order valence-electron chi connectivity index (χ3n) is 8.25. The highest BCUT2D eigenvalue weighted by molar-refractivity contribution is 8.02. The summed E-state index contributed by atoms with van der Waals surface area (Å²) in [6.07, 6.45) is -9.70. The predicted molar refractivity (Wildman–Crippen MR) is 170 cm³/mol. The average molecular weight is 750 g/mol. The maximum atomic E-state index is 14.1. The van der Waals surface area contributed by atoms with Crippen LogP contribution in [0.15, 0.2) is 0 Å². The molecule has 4 rings (SSSR count). The molecule has 0 radical (unpaired) electrons. The van der Waals surface area contributed by atoms with Gasteiger partial charge in [-0.1, -0.05) is 0 Å². The Balaban J connectivity index is 1.87. The molecule has 0 saturated carbocycles. The molecular formula is C32H47NO17S. The molecule has 1 amide bonds. The second kappa shape index (κ2) is 15.9. The van der Waals surface area contributed by atoms with Gasteiger partial charge in [0.05, 0.1) is 25.0 Å². The van der Waals surface area contributed by atoms with Crippen LogP contribution in [0, 0.1) is 0 Å². The molecule has 1 N–H and O–H groups in total. The van der Waals surface area contributed by atoms with Crippen molar-refractivity contribution >= 4 is 47.5 Å². The van der Waals surface area contributed by atoms with Gasteiger partial charge in [0.15, 0.2) is 30.1 Å². The molecule has 4 heterocycles. The van der Waals surface area contributed by atoms with E-state index in [1.54, 1.807) is 27.7 Å². The summed E-state index contributed by atoms with van der Waals surface area (Å²) in [5.41, 5.74) is 0. The number of carbonyl (C=O) groups is 6. The smallest absolute Gasteiger partial charge is 0.349 e. The van der Waals surface area contributed by atoms with Crippen LogP contribution in [0.25, 0.3) is 0 Å². The summed E-state index contributed by atoms with van der Waals surface area (Å²) in [6, 6.07) is -1.31. The zero-order valence-corrected chi connectivity index (χ0v) is 31.1. The van der Waals surface area contributed by atoms with Gasteiger partial charge in [-0.3, -0.25) is 24.0 Å². The summed E-state index contributed by atoms with van der Waals surface area (Å²) >= 11 is 0.916. The van der Waals surface area contributed by atoms with Crippen molar-refractivity contribution in [1.82, 2.24) is 5.32 Å². The third kappa shape index (κ3) is 9.88. The number of carbonyl (C=O) groups excluding carboxylic acids is 6. The largest absolute Gasteiger partial charge is 0.466 e. The third-order valence-corrected chi connectivity index (χ3v) is 9.86. The lowest BCUT2D eigenvalue weighted by Crippen LogP contribution is -2.68. The number of fused-ring (bicyclic) bond motifs is 1. The number of ether oxygens (including phenoxy) is 11. The molecule has 288 valence electrons. The number of amides is 1. The molecule has 0 spiro atoms. The Labute approximate surface area is 299 Å². The van der Waals surface area contributed by atoms with Crippen LogP contribution in [0.1, 0.15) is 68.7 Å². The van der Waals surface area contributed by atoms with E-state index in [1.165, 1.54) is 6.92 Å². The second-order valence-corrected chi connectivity index (χ2v) is 14.9. The summed E-state index contributed by atoms with van der Waals surface area (Å²) in [4.78, 5) is 73.9. The van der Waals surface area contributed by atoms with Gasteiger partial charge in [-0.2, -0.15) is 0 Å². The van der Waals surface area contributed by atoms with E-state index in [0.29, 0.717) is 0 Å². The Hall–Kier alpha value is -3.07. The van der Waals surface area contributed by atoms with E-state index in [2.05, 4.69) is 5.32 Å². The number of esters is 5. The molecule has 18 nitrogen and oxygen atoms in total. The highest BCUT2D eigenvalue weighted by Gasteiger charge is 2.65. The number of methoxy groups -OCH3 is 1. The SMILES string of the molecule is COC(=O)[C@@]1(S[C@@H]2[C@H]3OC(C)(C)O[C@H]3O[C@@H]2[C@H]2COC(C)(C)O2)C[C@H](OC(C)=O)[C@@H](NC(C)=O)[C@H]([C@H](OC(C)=O)[C@@H](COC(C)=O)OC(C)=O)O1. The van der Waals surface area contributed by atoms with Crippen molar-refractivity contribution in [2.45, 2.75) is 146 Å². The molecule has 19 heteroatoms. The number of thioether (sulfide) groups is 1. The summed E-state index contributed by atoms with van der Waals surface area (Å²) in [5, 5.41) is 1.87. The summed E-state index contributed by atoms with van der Waals surface area (Å²) in [6.45, 7) is 12.0. The quantitative estimate of drug-likeness (QED) is 0.214. The van der Waals surface area contributed by atoms with Crippen LogP contribution in [-0.4, -0.2) is 133 Å². The number of rotatable bonds is 12. The summed E-state index contributed by atoms with van der Waals surface area (Å²) in [7, 11) is 1.12. The van der Waals surface area contributed by atoms with Gasteiger partial charge >= 0.3 is 29.8 Å². The Kier molecular flexibility index (Phi) is 12.7. The van der Waals surface area contributed by atoms with Crippen LogP contribution in [0.2, 0.25) is 0 Å². The van der Waals surface area contributed by atoms with Crippen LogP contribution in [0.4, 0.5) is 0 Å². The highest BCUT2D eigenvalue weighted by Crippen LogP contribution is 2.52. The Morgan fingerprint density at radius 2 is 1.49 bits per heavy atom. The topological polar surface area (TPSA) is 216 Å². The maximum Gasteiger partial charge on any atom is 0.349 e. The van der Waals surface area contributed by atoms with Gasteiger partial charge in [-0.25, -0.2) is 4.79 Å². The standard InChI is InChI=1S/C32H47NO17S/c1-14(34)33-22-19(43-16(3)36)11-32(29(39)40-10,49-25(22)23(45-18(5)38)20(44-17(4)37)12-41-15(2)35)51-27-24(21-13-42-30(6,7)47-21)46-28-26(27)48-31(8,9)50-28/h19-28H,11-13H2,1-10H3,(H,33,34)/t19-,20+,21+,22+,23+,24+,25+,26+,27-,28+,32-/m0/s1. The van der Waals surface area contributed by atoms with Gasteiger partial charge < -0.3 is 57.4 Å². The maximum absolute atomic E-state index is 14.1. The minimum atomic E-state index is -2.11. The van der Waals surface area contributed by atoms with Gasteiger partial charge in [0.2, 0.25) is 10.8 Å². The van der Waals surface area contributed by atoms with E-state index in [9.17, 15) is 28.8 Å². The average Bonchev–Trinajstić information content (AvgIpc) is 3.62. The fourth-order valence-corrected chi connectivity index (χ4v) is 8.29. The number of hydrogen-bond donors (Lipinski definition) is 1. The molecule has 51 heavy (non-hydrogen) atoms. The lowest BCUT2D eigenvalue weighted by atomic mass is 9.89. The van der Waals surface area contributed by atoms with Crippen LogP contribution >= 0.6 is 11.8 Å². The van der Waals surface area contributed by atoms with Crippen molar-refractivity contribution < 1.29 is 80.9 Å². The molecule has 11 atom stereocenters. The molecule has 0 aromatic rings. The fourth-order valence-electron chi connectivity index (χ4n) is 6.55. The van der Waals surface area contributed by atoms with Gasteiger partial charge in [0, 0.05) is 41.0 Å². The lowest BCUT2D eigenvalue weighted by molar-refractivity contribution is -0.225. The first kappa shape index (κ1) is 40.7. The Bertz CT molecular complexity index is 1360. The Morgan fingerprint density at radius 3 is 2.02 bits per heavy atom. The fraction of sp³-hybridized carbons (Fsp3) is 0.812. The van der Waals surface area contributed by atoms with E-state index in [4.69, 9.17) is 52.1 Å². The van der Waals surface area contributed by atoms with Crippen LogP contribution in [0.5, 0.6) is 0 Å². The van der Waals surface area contributed by atoms with Gasteiger partial charge in [0.25, 0.3) is 0 Å². The van der Waals surface area contributed by atoms with Crippen LogP contribution < -0.4 is 5.32 Å². The van der Waals surface area contributed by atoms with Gasteiger partial charge in [-0.05, 0) is 27.7 Å². The Morgan fingerprint density at radius 1 is 0.824 bits per heavy atom. The first-order valence-electron chi connectivity index (χ1n) is 16.3. The van der Waals surface area contributed by atoms with E-state index >= 15 is 0 Å². The number of nitrogens with one attached hydrogen (secondary N) is 1. The van der Waals surface area contributed by atoms with Gasteiger partial charge in [0.1, 0.15) is 37.1 Å². The zero-order chi connectivity index (χ0) is 38.1. The molecule has 4 aliphatic heterocycles. The second-order valence-electron chi connectivity index (χ2n) is 13.4. The summed E-state index contributed by atoms with van der Waals surface area (Å²) in [5.74, 6) is -6.86. The molecule has 4 aliphatic rings. The van der Waals surface area contributed by atoms with Crippen molar-refractivity contribution in [3.8, 4) is 0 Å². The van der Waals surface area contributed by atoms with E-state index in [1.807, 2.05) is 0 Å². The monoisotopic (exact) mass is 749 g/mol. The molecule has 0 unspecified atom stereocenters. The van der Waals surface area contributed by atoms with Crippen molar-refractivity contribution in [3.63, 3.8) is 0 Å². The molecular weight excluding hydrogens is 702 g/mol. The van der Waals surface area contributed by atoms with Crippen LogP contribution in [-0.2, 0) is 80.9 Å². The first-order valence-corrected chi connectivity index (χ1v) is 17.2. The first-order chi connectivity index (χ1) is 23.7. The van der Waals surface area contributed by atoms with Crippen molar-refractivity contribution in [2.24, 2.45) is 0 Å². The van der Waals surface area contributed by atoms with Crippen molar-refractivity contribution in [1.29, 1.82) is 0 Å². The molecule has 4 fully saturated rings. The normalized spacial score (nSPS) is 34.7. The minimum absolute atomic E-state index is 0.127. The van der Waals surface area contributed by atoms with E-state index in [-0.39, 0.29) is 6.61 Å². The zero-order valence-electron chi connectivity index (χ0n) is 30.2. The van der Waals surface area contributed by atoms with E-state index in [0.717, 1.165) is 46.6 Å². The molecule has 0 bridgehead atoms. The van der Waals surface area contributed by atoms with Crippen LogP contribution in [0.3, 0.4) is 0 Å². The predicted octanol–water partition coefficient (Wildman–Crippen LogP) is 0.637.